The molecule has 2 atom stereocenters. The third kappa shape index (κ3) is 5.98. The number of hydrogen-bond acceptors (Lipinski definition) is 4. The van der Waals surface area contributed by atoms with E-state index in [1.165, 1.54) is 4.31 Å². The Morgan fingerprint density at radius 1 is 1.07 bits per heavy atom. The van der Waals surface area contributed by atoms with Crippen LogP contribution in [-0.4, -0.2) is 39.3 Å². The smallest absolute Gasteiger partial charge is 0.244 e. The van der Waals surface area contributed by atoms with Crippen molar-refractivity contribution in [2.45, 2.75) is 53.1 Å². The molecular formula is C23H32N2O4S. The molecular weight excluding hydrogens is 400 g/mol. The molecule has 0 heterocycles. The fraction of sp³-hybridized carbons (Fsp3) is 0.435. The highest BCUT2D eigenvalue weighted by molar-refractivity contribution is 7.92. The molecule has 164 valence electrons. The lowest BCUT2D eigenvalue weighted by atomic mass is 10.1. The highest BCUT2D eigenvalue weighted by Crippen LogP contribution is 2.25. The zero-order chi connectivity index (χ0) is 22.5. The highest BCUT2D eigenvalue weighted by Gasteiger charge is 2.32. The van der Waals surface area contributed by atoms with Gasteiger partial charge in [0, 0.05) is 0 Å². The van der Waals surface area contributed by atoms with E-state index in [9.17, 15) is 13.2 Å². The number of carbonyl (C=O) groups excluding carboxylic acids is 1. The van der Waals surface area contributed by atoms with Crippen molar-refractivity contribution in [1.82, 2.24) is 5.32 Å². The summed E-state index contributed by atoms with van der Waals surface area (Å²) in [5.41, 5.74) is 3.54. The van der Waals surface area contributed by atoms with Crippen molar-refractivity contribution in [3.05, 3.63) is 59.2 Å². The van der Waals surface area contributed by atoms with Crippen molar-refractivity contribution in [3.63, 3.8) is 0 Å². The van der Waals surface area contributed by atoms with Crippen LogP contribution in [0.5, 0.6) is 5.75 Å². The number of benzene rings is 2. The lowest BCUT2D eigenvalue weighted by molar-refractivity contribution is -0.123. The van der Waals surface area contributed by atoms with Gasteiger partial charge in [0.05, 0.1) is 18.0 Å². The summed E-state index contributed by atoms with van der Waals surface area (Å²) in [6.45, 7) is 9.77. The Labute approximate surface area is 180 Å². The number of sulfonamides is 1. The molecule has 1 amide bonds. The predicted octanol–water partition coefficient (Wildman–Crippen LogP) is 3.74. The summed E-state index contributed by atoms with van der Waals surface area (Å²) in [4.78, 5) is 13.0. The molecule has 30 heavy (non-hydrogen) atoms. The molecule has 0 aliphatic heterocycles. The third-order valence-corrected chi connectivity index (χ3v) is 6.23. The number of aryl methyl sites for hydroxylation is 3. The summed E-state index contributed by atoms with van der Waals surface area (Å²) >= 11 is 0. The Hall–Kier alpha value is -2.54. The Morgan fingerprint density at radius 2 is 1.73 bits per heavy atom. The number of anilines is 1. The molecule has 0 aromatic heterocycles. The van der Waals surface area contributed by atoms with Crippen LogP contribution < -0.4 is 14.4 Å². The molecule has 0 saturated heterocycles. The lowest BCUT2D eigenvalue weighted by Crippen LogP contribution is -2.52. The number of hydrogen-bond donors (Lipinski definition) is 1. The molecule has 1 N–H and O–H groups in total. The average molecular weight is 433 g/mol. The number of nitrogens with one attached hydrogen (secondary N) is 1. The first kappa shape index (κ1) is 23.7. The van der Waals surface area contributed by atoms with Gasteiger partial charge in [-0.05, 0) is 69.0 Å². The van der Waals surface area contributed by atoms with Crippen LogP contribution in [0.2, 0.25) is 0 Å². The van der Waals surface area contributed by atoms with E-state index in [4.69, 9.17) is 4.74 Å². The zero-order valence-corrected chi connectivity index (χ0v) is 19.4. The van der Waals surface area contributed by atoms with Gasteiger partial charge in [-0.2, -0.15) is 0 Å². The molecule has 0 aliphatic rings. The van der Waals surface area contributed by atoms with E-state index in [-0.39, 0.29) is 18.6 Å². The number of nitrogens with zero attached hydrogens (tertiary/aromatic N) is 1. The zero-order valence-electron chi connectivity index (χ0n) is 18.6. The molecule has 0 spiro atoms. The molecule has 0 aliphatic carbocycles. The third-order valence-electron chi connectivity index (χ3n) is 5.05. The second-order valence-corrected chi connectivity index (χ2v) is 9.60. The quantitative estimate of drug-likeness (QED) is 0.655. The number of rotatable bonds is 9. The summed E-state index contributed by atoms with van der Waals surface area (Å²) < 4.78 is 32.2. The molecule has 0 radical (unpaired) electrons. The van der Waals surface area contributed by atoms with Gasteiger partial charge in [-0.1, -0.05) is 31.2 Å². The Bertz CT molecular complexity index is 988. The molecule has 2 aromatic rings. The van der Waals surface area contributed by atoms with Crippen LogP contribution >= 0.6 is 0 Å². The van der Waals surface area contributed by atoms with E-state index in [2.05, 4.69) is 5.32 Å². The molecule has 0 fully saturated rings. The monoisotopic (exact) mass is 432 g/mol. The van der Waals surface area contributed by atoms with Gasteiger partial charge in [0.25, 0.3) is 0 Å². The van der Waals surface area contributed by atoms with Crippen LogP contribution in [-0.2, 0) is 14.8 Å². The van der Waals surface area contributed by atoms with Gasteiger partial charge in [0.15, 0.2) is 0 Å². The molecule has 0 saturated carbocycles. The van der Waals surface area contributed by atoms with E-state index in [1.54, 1.807) is 19.1 Å². The summed E-state index contributed by atoms with van der Waals surface area (Å²) in [5, 5.41) is 2.90. The van der Waals surface area contributed by atoms with Gasteiger partial charge in [0.2, 0.25) is 15.9 Å². The molecule has 2 rings (SSSR count). The summed E-state index contributed by atoms with van der Waals surface area (Å²) in [6, 6.07) is 11.9. The topological polar surface area (TPSA) is 75.7 Å². The number of ether oxygens (including phenoxy) is 1. The van der Waals surface area contributed by atoms with E-state index >= 15 is 0 Å². The van der Waals surface area contributed by atoms with Crippen molar-refractivity contribution >= 4 is 21.6 Å². The van der Waals surface area contributed by atoms with Crippen molar-refractivity contribution in [2.75, 3.05) is 17.2 Å². The minimum atomic E-state index is -3.66. The Morgan fingerprint density at radius 3 is 2.30 bits per heavy atom. The van der Waals surface area contributed by atoms with Crippen LogP contribution in [0.25, 0.3) is 0 Å². The van der Waals surface area contributed by atoms with Crippen LogP contribution in [0.1, 0.15) is 37.0 Å². The van der Waals surface area contributed by atoms with Gasteiger partial charge in [0.1, 0.15) is 18.4 Å². The fourth-order valence-corrected chi connectivity index (χ4v) is 4.44. The number of para-hydroxylation sites is 1. The number of carbonyl (C=O) groups is 1. The number of amides is 1. The standard InChI is InChI=1S/C23H32N2O4S/c1-7-21(25(30(6,27)28)20-13-12-16(2)18(4)14-20)23(26)24-19(5)15-29-22-11-9-8-10-17(22)3/h8-14,19,21H,7,15H2,1-6H3,(H,24,26)/t19-,21+/m0/s1. The van der Waals surface area contributed by atoms with Crippen LogP contribution in [0.15, 0.2) is 42.5 Å². The first-order valence-corrected chi connectivity index (χ1v) is 11.9. The van der Waals surface area contributed by atoms with Gasteiger partial charge >= 0.3 is 0 Å². The summed E-state index contributed by atoms with van der Waals surface area (Å²) in [6.07, 6.45) is 1.47. The maximum Gasteiger partial charge on any atom is 0.244 e. The maximum atomic E-state index is 13.0. The Balaban J connectivity index is 2.17. The molecule has 7 heteroatoms. The fourth-order valence-electron chi connectivity index (χ4n) is 3.24. The van der Waals surface area contributed by atoms with Crippen molar-refractivity contribution < 1.29 is 17.9 Å². The maximum absolute atomic E-state index is 13.0. The molecule has 2 aromatic carbocycles. The summed E-state index contributed by atoms with van der Waals surface area (Å²) in [7, 11) is -3.66. The molecule has 0 bridgehead atoms. The van der Waals surface area contributed by atoms with Gasteiger partial charge in [-0.3, -0.25) is 9.10 Å². The van der Waals surface area contributed by atoms with Crippen LogP contribution in [0, 0.1) is 20.8 Å². The highest BCUT2D eigenvalue weighted by atomic mass is 32.2. The van der Waals surface area contributed by atoms with Gasteiger partial charge in [-0.25, -0.2) is 8.42 Å². The van der Waals surface area contributed by atoms with Crippen molar-refractivity contribution in [2.24, 2.45) is 0 Å². The first-order chi connectivity index (χ1) is 14.0. The SMILES string of the molecule is CC[C@H](C(=O)N[C@@H](C)COc1ccccc1C)N(c1ccc(C)c(C)c1)S(C)(=O)=O. The average Bonchev–Trinajstić information content (AvgIpc) is 2.66. The van der Waals surface area contributed by atoms with Gasteiger partial charge in [-0.15, -0.1) is 0 Å². The lowest BCUT2D eigenvalue weighted by Gasteiger charge is -2.31. The Kier molecular flexibility index (Phi) is 7.89. The van der Waals surface area contributed by atoms with Crippen LogP contribution in [0.4, 0.5) is 5.69 Å². The largest absolute Gasteiger partial charge is 0.491 e. The molecule has 0 unspecified atom stereocenters. The van der Waals surface area contributed by atoms with Crippen molar-refractivity contribution in [1.29, 1.82) is 0 Å². The van der Waals surface area contributed by atoms with Crippen molar-refractivity contribution in [3.8, 4) is 5.75 Å². The summed E-state index contributed by atoms with van der Waals surface area (Å²) in [5.74, 6) is 0.417. The first-order valence-electron chi connectivity index (χ1n) is 10.1. The van der Waals surface area contributed by atoms with E-state index in [1.807, 2.05) is 58.0 Å². The van der Waals surface area contributed by atoms with E-state index in [0.29, 0.717) is 12.1 Å². The second-order valence-electron chi connectivity index (χ2n) is 7.74. The van der Waals surface area contributed by atoms with Gasteiger partial charge < -0.3 is 10.1 Å². The minimum absolute atomic E-state index is 0.285. The van der Waals surface area contributed by atoms with E-state index < -0.39 is 16.1 Å². The minimum Gasteiger partial charge on any atom is -0.491 e. The van der Waals surface area contributed by atoms with E-state index in [0.717, 1.165) is 28.7 Å². The second kappa shape index (κ2) is 9.98. The predicted molar refractivity (Wildman–Crippen MR) is 122 cm³/mol. The normalized spacial score (nSPS) is 13.4. The molecule has 6 nitrogen and oxygen atoms in total. The van der Waals surface area contributed by atoms with Crippen LogP contribution in [0.3, 0.4) is 0 Å².